The van der Waals surface area contributed by atoms with Crippen molar-refractivity contribution in [3.8, 4) is 0 Å². The van der Waals surface area contributed by atoms with Crippen LogP contribution in [0.5, 0.6) is 0 Å². The SMILES string of the molecule is CCC1CCNC(C(=O)Nc2cnn(CC)c2)C1. The number of anilines is 1. The first-order chi connectivity index (χ1) is 8.72. The maximum Gasteiger partial charge on any atom is 0.241 e. The molecule has 0 aliphatic carbocycles. The number of hydrogen-bond acceptors (Lipinski definition) is 3. The van der Waals surface area contributed by atoms with Gasteiger partial charge in [0.15, 0.2) is 0 Å². The number of aryl methyl sites for hydroxylation is 1. The van der Waals surface area contributed by atoms with Crippen LogP contribution in [0.25, 0.3) is 0 Å². The van der Waals surface area contributed by atoms with Crippen LogP contribution in [0, 0.1) is 5.92 Å². The highest BCUT2D eigenvalue weighted by Crippen LogP contribution is 2.20. The summed E-state index contributed by atoms with van der Waals surface area (Å²) in [6.45, 7) is 5.96. The summed E-state index contributed by atoms with van der Waals surface area (Å²) in [4.78, 5) is 12.1. The van der Waals surface area contributed by atoms with Gasteiger partial charge in [0.25, 0.3) is 0 Å². The topological polar surface area (TPSA) is 59.0 Å². The van der Waals surface area contributed by atoms with E-state index in [1.54, 1.807) is 10.9 Å². The lowest BCUT2D eigenvalue weighted by Crippen LogP contribution is -2.46. The number of carbonyl (C=O) groups excluding carboxylic acids is 1. The smallest absolute Gasteiger partial charge is 0.241 e. The summed E-state index contributed by atoms with van der Waals surface area (Å²) < 4.78 is 1.80. The zero-order valence-electron chi connectivity index (χ0n) is 11.1. The fourth-order valence-electron chi connectivity index (χ4n) is 2.40. The lowest BCUT2D eigenvalue weighted by molar-refractivity contribution is -0.119. The molecule has 2 unspecified atom stereocenters. The summed E-state index contributed by atoms with van der Waals surface area (Å²) in [7, 11) is 0. The quantitative estimate of drug-likeness (QED) is 0.853. The Balaban J connectivity index is 1.90. The molecule has 0 spiro atoms. The van der Waals surface area contributed by atoms with Crippen molar-refractivity contribution < 1.29 is 4.79 Å². The van der Waals surface area contributed by atoms with Gasteiger partial charge in [0.2, 0.25) is 5.91 Å². The lowest BCUT2D eigenvalue weighted by atomic mass is 9.90. The Morgan fingerprint density at radius 2 is 2.44 bits per heavy atom. The number of nitrogens with zero attached hydrogens (tertiary/aromatic N) is 2. The van der Waals surface area contributed by atoms with E-state index < -0.39 is 0 Å². The van der Waals surface area contributed by atoms with Gasteiger partial charge in [-0.2, -0.15) is 5.10 Å². The molecular weight excluding hydrogens is 228 g/mol. The Hall–Kier alpha value is -1.36. The van der Waals surface area contributed by atoms with Gasteiger partial charge in [-0.3, -0.25) is 9.48 Å². The van der Waals surface area contributed by atoms with Crippen LogP contribution >= 0.6 is 0 Å². The molecule has 0 radical (unpaired) electrons. The van der Waals surface area contributed by atoms with Crippen LogP contribution in [0.3, 0.4) is 0 Å². The zero-order chi connectivity index (χ0) is 13.0. The highest BCUT2D eigenvalue weighted by molar-refractivity contribution is 5.94. The standard InChI is InChI=1S/C13H22N4O/c1-3-10-5-6-14-12(7-10)13(18)16-11-8-15-17(4-2)9-11/h8-10,12,14H,3-7H2,1-2H3,(H,16,18). The normalized spacial score (nSPS) is 23.9. The minimum Gasteiger partial charge on any atom is -0.322 e. The molecule has 1 aliphatic rings. The summed E-state index contributed by atoms with van der Waals surface area (Å²) in [6.07, 6.45) is 6.82. The third kappa shape index (κ3) is 3.10. The van der Waals surface area contributed by atoms with Crippen molar-refractivity contribution in [2.24, 2.45) is 5.92 Å². The summed E-state index contributed by atoms with van der Waals surface area (Å²) >= 11 is 0. The Kier molecular flexibility index (Phi) is 4.36. The predicted octanol–water partition coefficient (Wildman–Crippen LogP) is 1.62. The molecule has 5 nitrogen and oxygen atoms in total. The van der Waals surface area contributed by atoms with E-state index >= 15 is 0 Å². The lowest BCUT2D eigenvalue weighted by Gasteiger charge is -2.28. The first kappa shape index (κ1) is 13.1. The molecule has 1 saturated heterocycles. The molecule has 2 rings (SSSR count). The van der Waals surface area contributed by atoms with Crippen molar-refractivity contribution in [1.82, 2.24) is 15.1 Å². The van der Waals surface area contributed by atoms with Crippen molar-refractivity contribution in [3.05, 3.63) is 12.4 Å². The fourth-order valence-corrected chi connectivity index (χ4v) is 2.40. The molecular formula is C13H22N4O. The third-order valence-electron chi connectivity index (χ3n) is 3.63. The van der Waals surface area contributed by atoms with E-state index in [0.717, 1.165) is 31.6 Å². The highest BCUT2D eigenvalue weighted by atomic mass is 16.2. The van der Waals surface area contributed by atoms with Gasteiger partial charge in [0, 0.05) is 12.7 Å². The second-order valence-corrected chi connectivity index (χ2v) is 4.88. The van der Waals surface area contributed by atoms with E-state index in [-0.39, 0.29) is 11.9 Å². The number of hydrogen-bond donors (Lipinski definition) is 2. The Labute approximate surface area is 108 Å². The van der Waals surface area contributed by atoms with Crippen LogP contribution in [0.4, 0.5) is 5.69 Å². The number of aromatic nitrogens is 2. The van der Waals surface area contributed by atoms with Gasteiger partial charge in [0.05, 0.1) is 17.9 Å². The molecule has 0 saturated carbocycles. The molecule has 2 atom stereocenters. The maximum atomic E-state index is 12.1. The Morgan fingerprint density at radius 3 is 3.11 bits per heavy atom. The van der Waals surface area contributed by atoms with Crippen LogP contribution < -0.4 is 10.6 Å². The van der Waals surface area contributed by atoms with Crippen LogP contribution in [0.15, 0.2) is 12.4 Å². The van der Waals surface area contributed by atoms with Crippen LogP contribution in [0.2, 0.25) is 0 Å². The van der Waals surface area contributed by atoms with Crippen molar-refractivity contribution >= 4 is 11.6 Å². The third-order valence-corrected chi connectivity index (χ3v) is 3.63. The van der Waals surface area contributed by atoms with Crippen LogP contribution in [0.1, 0.15) is 33.1 Å². The Morgan fingerprint density at radius 1 is 1.61 bits per heavy atom. The van der Waals surface area contributed by atoms with Crippen LogP contribution in [-0.2, 0) is 11.3 Å². The van der Waals surface area contributed by atoms with Crippen molar-refractivity contribution in [1.29, 1.82) is 0 Å². The van der Waals surface area contributed by atoms with E-state index in [0.29, 0.717) is 5.92 Å². The number of rotatable bonds is 4. The van der Waals surface area contributed by atoms with Crippen LogP contribution in [-0.4, -0.2) is 28.3 Å². The van der Waals surface area contributed by atoms with E-state index in [4.69, 9.17) is 0 Å². The monoisotopic (exact) mass is 250 g/mol. The van der Waals surface area contributed by atoms with Gasteiger partial charge in [0.1, 0.15) is 0 Å². The number of piperidine rings is 1. The molecule has 100 valence electrons. The molecule has 5 heteroatoms. The molecule has 1 amide bonds. The zero-order valence-corrected chi connectivity index (χ0v) is 11.1. The number of amides is 1. The second kappa shape index (κ2) is 6.00. The first-order valence-corrected chi connectivity index (χ1v) is 6.79. The molecule has 1 aliphatic heterocycles. The fraction of sp³-hybridized carbons (Fsp3) is 0.692. The van der Waals surface area contributed by atoms with Gasteiger partial charge in [-0.05, 0) is 32.2 Å². The molecule has 1 fully saturated rings. The largest absolute Gasteiger partial charge is 0.322 e. The van der Waals surface area contributed by atoms with Gasteiger partial charge < -0.3 is 10.6 Å². The molecule has 2 N–H and O–H groups in total. The van der Waals surface area contributed by atoms with Gasteiger partial charge in [-0.1, -0.05) is 13.3 Å². The second-order valence-electron chi connectivity index (χ2n) is 4.88. The number of carbonyl (C=O) groups is 1. The Bertz CT molecular complexity index is 401. The van der Waals surface area contributed by atoms with Crippen molar-refractivity contribution in [3.63, 3.8) is 0 Å². The summed E-state index contributed by atoms with van der Waals surface area (Å²) in [5.74, 6) is 0.726. The minimum absolute atomic E-state index is 0.0591. The molecule has 2 heterocycles. The van der Waals surface area contributed by atoms with Crippen molar-refractivity contribution in [2.75, 3.05) is 11.9 Å². The van der Waals surface area contributed by atoms with E-state index in [1.807, 2.05) is 13.1 Å². The molecule has 1 aromatic rings. The van der Waals surface area contributed by atoms with E-state index in [2.05, 4.69) is 22.7 Å². The number of nitrogens with one attached hydrogen (secondary N) is 2. The summed E-state index contributed by atoms with van der Waals surface area (Å²) in [5, 5.41) is 10.4. The molecule has 18 heavy (non-hydrogen) atoms. The average Bonchev–Trinajstić information content (AvgIpc) is 2.86. The van der Waals surface area contributed by atoms with Gasteiger partial charge in [-0.25, -0.2) is 0 Å². The summed E-state index contributed by atoms with van der Waals surface area (Å²) in [6, 6.07) is -0.0614. The van der Waals surface area contributed by atoms with Crippen molar-refractivity contribution in [2.45, 2.75) is 45.7 Å². The molecule has 1 aromatic heterocycles. The summed E-state index contributed by atoms with van der Waals surface area (Å²) in [5.41, 5.74) is 0.780. The minimum atomic E-state index is -0.0614. The van der Waals surface area contributed by atoms with E-state index in [1.165, 1.54) is 6.42 Å². The van der Waals surface area contributed by atoms with Gasteiger partial charge >= 0.3 is 0 Å². The van der Waals surface area contributed by atoms with E-state index in [9.17, 15) is 4.79 Å². The predicted molar refractivity (Wildman–Crippen MR) is 71.3 cm³/mol. The first-order valence-electron chi connectivity index (χ1n) is 6.79. The average molecular weight is 250 g/mol. The van der Waals surface area contributed by atoms with Gasteiger partial charge in [-0.15, -0.1) is 0 Å². The molecule has 0 aromatic carbocycles. The molecule has 0 bridgehead atoms. The highest BCUT2D eigenvalue weighted by Gasteiger charge is 2.25. The maximum absolute atomic E-state index is 12.1.